The van der Waals surface area contributed by atoms with Crippen LogP contribution in [0.25, 0.3) is 0 Å². The molecule has 1 N–H and O–H groups in total. The Labute approximate surface area is 263 Å². The van der Waals surface area contributed by atoms with Crippen molar-refractivity contribution in [2.24, 2.45) is 5.16 Å². The Morgan fingerprint density at radius 2 is 1.63 bits per heavy atom. The maximum absolute atomic E-state index is 13.5. The Kier molecular flexibility index (Phi) is 11.3. The minimum atomic E-state index is -0.824. The lowest BCUT2D eigenvalue weighted by Gasteiger charge is -2.39. The highest BCUT2D eigenvalue weighted by atomic mass is 35.5. The molecule has 230 valence electrons. The summed E-state index contributed by atoms with van der Waals surface area (Å²) in [5.74, 6) is 0.623. The summed E-state index contributed by atoms with van der Waals surface area (Å²) in [4.78, 5) is 22.7. The van der Waals surface area contributed by atoms with Crippen molar-refractivity contribution in [2.45, 2.75) is 30.8 Å². The summed E-state index contributed by atoms with van der Waals surface area (Å²) in [6.45, 7) is 2.48. The molecule has 3 aromatic carbocycles. The molecule has 10 heteroatoms. The highest BCUT2D eigenvalue weighted by molar-refractivity contribution is 6.42. The Hall–Kier alpha value is -3.30. The molecule has 0 aliphatic carbocycles. The van der Waals surface area contributed by atoms with Gasteiger partial charge < -0.3 is 29.2 Å². The Morgan fingerprint density at radius 3 is 2.21 bits per heavy atom. The zero-order valence-electron chi connectivity index (χ0n) is 25.1. The monoisotopic (exact) mass is 627 g/mol. The van der Waals surface area contributed by atoms with Gasteiger partial charge in [0.05, 0.1) is 42.1 Å². The number of benzene rings is 3. The van der Waals surface area contributed by atoms with E-state index in [1.54, 1.807) is 50.4 Å². The standard InChI is InChI=1S/C33H39Cl2N3O5/c1-37(32(39)24-18-26(41-2)21-27(19-24)42-3)22-31(36-43-4)28(23-10-11-29(34)30(35)20-23)12-15-38-16-13-33(40,14-17-38)25-8-6-5-7-9-25/h5-11,18-21,28,40H,12-17,22H2,1-4H3/b36-31-. The lowest BCUT2D eigenvalue weighted by molar-refractivity contribution is -0.0261. The molecule has 4 rings (SSSR count). The van der Waals surface area contributed by atoms with Crippen LogP contribution in [-0.2, 0) is 10.4 Å². The number of methoxy groups -OCH3 is 2. The molecular weight excluding hydrogens is 589 g/mol. The van der Waals surface area contributed by atoms with Gasteiger partial charge in [0, 0.05) is 37.7 Å². The number of likely N-dealkylation sites (tertiary alicyclic amines) is 1. The van der Waals surface area contributed by atoms with Crippen LogP contribution in [0.5, 0.6) is 11.5 Å². The van der Waals surface area contributed by atoms with Crippen molar-refractivity contribution in [2.75, 3.05) is 54.6 Å². The fourth-order valence-electron chi connectivity index (χ4n) is 5.54. The quantitative estimate of drug-likeness (QED) is 0.189. The zero-order chi connectivity index (χ0) is 31.0. The highest BCUT2D eigenvalue weighted by Crippen LogP contribution is 2.34. The number of hydrogen-bond donors (Lipinski definition) is 1. The molecule has 1 aliphatic heterocycles. The van der Waals surface area contributed by atoms with Crippen LogP contribution in [-0.4, -0.2) is 81.1 Å². The van der Waals surface area contributed by atoms with Crippen LogP contribution >= 0.6 is 23.2 Å². The predicted molar refractivity (Wildman–Crippen MR) is 171 cm³/mol. The van der Waals surface area contributed by atoms with Gasteiger partial charge >= 0.3 is 0 Å². The third-order valence-electron chi connectivity index (χ3n) is 8.03. The van der Waals surface area contributed by atoms with E-state index >= 15 is 0 Å². The second kappa shape index (κ2) is 14.9. The fraction of sp³-hybridized carbons (Fsp3) is 0.394. The van der Waals surface area contributed by atoms with Crippen LogP contribution in [0.3, 0.4) is 0 Å². The Balaban J connectivity index is 1.53. The number of nitrogens with zero attached hydrogens (tertiary/aromatic N) is 3. The SMILES string of the molecule is CO/N=C(/CN(C)C(=O)c1cc(OC)cc(OC)c1)C(CCN1CCC(O)(c2ccccc2)CC1)c1ccc(Cl)c(Cl)c1. The van der Waals surface area contributed by atoms with Crippen molar-refractivity contribution in [3.63, 3.8) is 0 Å². The summed E-state index contributed by atoms with van der Waals surface area (Å²) in [6.07, 6.45) is 1.99. The van der Waals surface area contributed by atoms with Crippen molar-refractivity contribution in [1.82, 2.24) is 9.80 Å². The molecule has 1 unspecified atom stereocenters. The first kappa shape index (κ1) is 32.6. The number of oxime groups is 1. The third kappa shape index (κ3) is 8.21. The van der Waals surface area contributed by atoms with E-state index in [0.717, 1.165) is 30.8 Å². The van der Waals surface area contributed by atoms with Gasteiger partial charge in [0.15, 0.2) is 0 Å². The van der Waals surface area contributed by atoms with Crippen molar-refractivity contribution >= 4 is 34.8 Å². The Morgan fingerprint density at radius 1 is 0.977 bits per heavy atom. The van der Waals surface area contributed by atoms with Gasteiger partial charge in [-0.3, -0.25) is 4.79 Å². The van der Waals surface area contributed by atoms with E-state index in [-0.39, 0.29) is 18.4 Å². The van der Waals surface area contributed by atoms with Crippen LogP contribution < -0.4 is 9.47 Å². The number of carbonyl (C=O) groups excluding carboxylic acids is 1. The van der Waals surface area contributed by atoms with E-state index in [0.29, 0.717) is 52.1 Å². The van der Waals surface area contributed by atoms with Gasteiger partial charge in [-0.2, -0.15) is 0 Å². The van der Waals surface area contributed by atoms with E-state index in [1.165, 1.54) is 7.11 Å². The van der Waals surface area contributed by atoms with Crippen LogP contribution in [0.2, 0.25) is 10.0 Å². The van der Waals surface area contributed by atoms with Gasteiger partial charge in [0.2, 0.25) is 0 Å². The van der Waals surface area contributed by atoms with Gasteiger partial charge in [-0.05, 0) is 61.2 Å². The van der Waals surface area contributed by atoms with Gasteiger partial charge in [0.25, 0.3) is 5.91 Å². The zero-order valence-corrected chi connectivity index (χ0v) is 26.6. The minimum Gasteiger partial charge on any atom is -0.497 e. The largest absolute Gasteiger partial charge is 0.497 e. The van der Waals surface area contributed by atoms with E-state index in [1.807, 2.05) is 42.5 Å². The lowest BCUT2D eigenvalue weighted by atomic mass is 9.84. The van der Waals surface area contributed by atoms with Crippen molar-refractivity contribution in [1.29, 1.82) is 0 Å². The number of amides is 1. The Bertz CT molecular complexity index is 1390. The average Bonchev–Trinajstić information content (AvgIpc) is 3.03. The van der Waals surface area contributed by atoms with Crippen molar-refractivity contribution < 1.29 is 24.2 Å². The molecule has 1 fully saturated rings. The minimum absolute atomic E-state index is 0.209. The van der Waals surface area contributed by atoms with Gasteiger partial charge in [0.1, 0.15) is 18.6 Å². The van der Waals surface area contributed by atoms with E-state index in [4.69, 9.17) is 37.5 Å². The molecule has 0 radical (unpaired) electrons. The van der Waals surface area contributed by atoms with Crippen LogP contribution in [0.1, 0.15) is 46.7 Å². The van der Waals surface area contributed by atoms with Crippen molar-refractivity contribution in [3.8, 4) is 11.5 Å². The predicted octanol–water partition coefficient (Wildman–Crippen LogP) is 6.24. The van der Waals surface area contributed by atoms with E-state index in [2.05, 4.69) is 10.1 Å². The molecule has 1 amide bonds. The number of hydrogen-bond acceptors (Lipinski definition) is 7. The molecule has 3 aromatic rings. The number of carbonyl (C=O) groups is 1. The molecule has 1 saturated heterocycles. The van der Waals surface area contributed by atoms with Crippen LogP contribution in [0, 0.1) is 0 Å². The smallest absolute Gasteiger partial charge is 0.254 e. The first-order valence-corrected chi connectivity index (χ1v) is 15.0. The lowest BCUT2D eigenvalue weighted by Crippen LogP contribution is -2.43. The first-order chi connectivity index (χ1) is 20.7. The highest BCUT2D eigenvalue weighted by Gasteiger charge is 2.34. The summed E-state index contributed by atoms with van der Waals surface area (Å²) in [5, 5.41) is 16.6. The summed E-state index contributed by atoms with van der Waals surface area (Å²) in [7, 11) is 6.31. The maximum atomic E-state index is 13.5. The summed E-state index contributed by atoms with van der Waals surface area (Å²) < 4.78 is 10.7. The number of aliphatic hydroxyl groups is 1. The van der Waals surface area contributed by atoms with Crippen molar-refractivity contribution in [3.05, 3.63) is 93.5 Å². The number of ether oxygens (including phenoxy) is 2. The van der Waals surface area contributed by atoms with Crippen LogP contribution in [0.15, 0.2) is 71.9 Å². The molecule has 1 aliphatic rings. The molecule has 0 aromatic heterocycles. The molecule has 0 saturated carbocycles. The van der Waals surface area contributed by atoms with Gasteiger partial charge in [-0.25, -0.2) is 0 Å². The number of halogens is 2. The topological polar surface area (TPSA) is 83.8 Å². The second-order valence-corrected chi connectivity index (χ2v) is 11.6. The number of rotatable bonds is 12. The van der Waals surface area contributed by atoms with E-state index < -0.39 is 5.60 Å². The average molecular weight is 629 g/mol. The first-order valence-electron chi connectivity index (χ1n) is 14.2. The van der Waals surface area contributed by atoms with E-state index in [9.17, 15) is 9.90 Å². The van der Waals surface area contributed by atoms with Gasteiger partial charge in [-0.15, -0.1) is 0 Å². The summed E-state index contributed by atoms with van der Waals surface area (Å²) in [6, 6.07) is 20.5. The summed E-state index contributed by atoms with van der Waals surface area (Å²) in [5.41, 5.74) is 2.16. The third-order valence-corrected chi connectivity index (χ3v) is 8.77. The second-order valence-electron chi connectivity index (χ2n) is 10.8. The molecule has 43 heavy (non-hydrogen) atoms. The molecule has 1 atom stereocenters. The summed E-state index contributed by atoms with van der Waals surface area (Å²) >= 11 is 12.7. The number of piperidine rings is 1. The molecular formula is C33H39Cl2N3O5. The van der Waals surface area contributed by atoms with Gasteiger partial charge in [-0.1, -0.05) is 64.8 Å². The molecule has 8 nitrogen and oxygen atoms in total. The maximum Gasteiger partial charge on any atom is 0.254 e. The normalized spacial score (nSPS) is 15.9. The molecule has 0 spiro atoms. The molecule has 0 bridgehead atoms. The molecule has 1 heterocycles. The fourth-order valence-corrected chi connectivity index (χ4v) is 5.84. The van der Waals surface area contributed by atoms with Crippen LogP contribution in [0.4, 0.5) is 0 Å².